The van der Waals surface area contributed by atoms with Crippen LogP contribution in [0.5, 0.6) is 0 Å². The molecule has 4 nitrogen and oxygen atoms in total. The van der Waals surface area contributed by atoms with Crippen molar-refractivity contribution in [2.75, 3.05) is 5.32 Å². The van der Waals surface area contributed by atoms with Crippen molar-refractivity contribution >= 4 is 22.5 Å². The van der Waals surface area contributed by atoms with Gasteiger partial charge in [-0.15, -0.1) is 0 Å². The fourth-order valence-corrected chi connectivity index (χ4v) is 1.95. The molecule has 4 heteroatoms. The van der Waals surface area contributed by atoms with Gasteiger partial charge < -0.3 is 5.32 Å². The largest absolute Gasteiger partial charge is 0.323 e. The van der Waals surface area contributed by atoms with Crippen molar-refractivity contribution in [3.05, 3.63) is 48.2 Å². The lowest BCUT2D eigenvalue weighted by Crippen LogP contribution is -1.98. The molecule has 0 saturated carbocycles. The van der Waals surface area contributed by atoms with E-state index < -0.39 is 0 Å². The van der Waals surface area contributed by atoms with E-state index in [0.29, 0.717) is 0 Å². The van der Waals surface area contributed by atoms with Crippen LogP contribution in [0.15, 0.2) is 42.6 Å². The van der Waals surface area contributed by atoms with Crippen molar-refractivity contribution in [3.63, 3.8) is 0 Å². The number of hydrogen-bond acceptors (Lipinski definition) is 3. The van der Waals surface area contributed by atoms with Gasteiger partial charge in [0, 0.05) is 24.7 Å². The van der Waals surface area contributed by atoms with Gasteiger partial charge in [0.1, 0.15) is 5.82 Å². The van der Waals surface area contributed by atoms with Crippen molar-refractivity contribution in [1.82, 2.24) is 14.8 Å². The van der Waals surface area contributed by atoms with Crippen LogP contribution in [0.3, 0.4) is 0 Å². The summed E-state index contributed by atoms with van der Waals surface area (Å²) in [5, 5.41) is 8.69. The zero-order valence-electron chi connectivity index (χ0n) is 10.4. The van der Waals surface area contributed by atoms with Crippen LogP contribution in [-0.4, -0.2) is 14.8 Å². The van der Waals surface area contributed by atoms with Gasteiger partial charge in [-0.05, 0) is 24.6 Å². The Labute approximate surface area is 105 Å². The lowest BCUT2D eigenvalue weighted by Gasteiger charge is -2.07. The average Bonchev–Trinajstić information content (AvgIpc) is 2.76. The van der Waals surface area contributed by atoms with Crippen molar-refractivity contribution in [3.8, 4) is 0 Å². The predicted molar refractivity (Wildman–Crippen MR) is 73.0 cm³/mol. The number of aromatic nitrogens is 3. The first-order chi connectivity index (χ1) is 8.72. The first-order valence-corrected chi connectivity index (χ1v) is 5.85. The van der Waals surface area contributed by atoms with E-state index in [0.717, 1.165) is 28.1 Å². The molecule has 0 unspecified atom stereocenters. The molecule has 3 rings (SSSR count). The van der Waals surface area contributed by atoms with Gasteiger partial charge in [0.2, 0.25) is 0 Å². The quantitative estimate of drug-likeness (QED) is 0.746. The molecular weight excluding hydrogens is 224 g/mol. The highest BCUT2D eigenvalue weighted by Crippen LogP contribution is 2.21. The van der Waals surface area contributed by atoms with Gasteiger partial charge in [-0.3, -0.25) is 4.68 Å². The molecule has 0 fully saturated rings. The number of aryl methyl sites for hydroxylation is 2. The summed E-state index contributed by atoms with van der Waals surface area (Å²) in [6.07, 6.45) is 1.90. The summed E-state index contributed by atoms with van der Waals surface area (Å²) in [4.78, 5) is 4.62. The number of hydrogen-bond donors (Lipinski definition) is 1. The Kier molecular flexibility index (Phi) is 2.48. The highest BCUT2D eigenvalue weighted by Gasteiger charge is 2.04. The van der Waals surface area contributed by atoms with Crippen molar-refractivity contribution in [2.24, 2.45) is 7.05 Å². The van der Waals surface area contributed by atoms with Crippen molar-refractivity contribution in [1.29, 1.82) is 0 Å². The minimum atomic E-state index is 0.809. The van der Waals surface area contributed by atoms with Crippen molar-refractivity contribution in [2.45, 2.75) is 6.92 Å². The Hall–Kier alpha value is -2.36. The van der Waals surface area contributed by atoms with E-state index >= 15 is 0 Å². The zero-order chi connectivity index (χ0) is 12.5. The Morgan fingerprint density at radius 1 is 1.17 bits per heavy atom. The summed E-state index contributed by atoms with van der Waals surface area (Å²) in [5.74, 6) is 1.66. The summed E-state index contributed by atoms with van der Waals surface area (Å²) < 4.78 is 1.76. The van der Waals surface area contributed by atoms with Crippen LogP contribution in [0, 0.1) is 6.92 Å². The minimum Gasteiger partial charge on any atom is -0.323 e. The number of fused-ring (bicyclic) bond motifs is 1. The number of pyridine rings is 1. The maximum Gasteiger partial charge on any atom is 0.153 e. The van der Waals surface area contributed by atoms with Crippen LogP contribution in [0.1, 0.15) is 5.56 Å². The molecule has 18 heavy (non-hydrogen) atoms. The minimum absolute atomic E-state index is 0.809. The monoisotopic (exact) mass is 238 g/mol. The molecule has 2 aromatic heterocycles. The number of nitrogens with zero attached hydrogens (tertiary/aromatic N) is 3. The van der Waals surface area contributed by atoms with Gasteiger partial charge in [-0.25, -0.2) is 4.98 Å². The summed E-state index contributed by atoms with van der Waals surface area (Å²) >= 11 is 0. The summed E-state index contributed by atoms with van der Waals surface area (Å²) in [6.45, 7) is 2.05. The summed E-state index contributed by atoms with van der Waals surface area (Å²) in [7, 11) is 1.89. The molecule has 1 N–H and O–H groups in total. The summed E-state index contributed by atoms with van der Waals surface area (Å²) in [5.41, 5.74) is 2.10. The zero-order valence-corrected chi connectivity index (χ0v) is 10.4. The number of nitrogens with one attached hydrogen (secondary N) is 1. The molecule has 2 heterocycles. The molecule has 90 valence electrons. The number of anilines is 2. The van der Waals surface area contributed by atoms with Crippen LogP contribution >= 0.6 is 0 Å². The van der Waals surface area contributed by atoms with Crippen LogP contribution in [0.4, 0.5) is 11.6 Å². The van der Waals surface area contributed by atoms with Gasteiger partial charge in [0.05, 0.1) is 5.52 Å². The van der Waals surface area contributed by atoms with Gasteiger partial charge >= 0.3 is 0 Å². The Balaban J connectivity index is 2.03. The van der Waals surface area contributed by atoms with E-state index in [1.807, 2.05) is 44.4 Å². The van der Waals surface area contributed by atoms with Crippen molar-refractivity contribution < 1.29 is 0 Å². The van der Waals surface area contributed by atoms with Crippen LogP contribution < -0.4 is 5.32 Å². The first-order valence-electron chi connectivity index (χ1n) is 5.85. The third-order valence-corrected chi connectivity index (χ3v) is 2.87. The van der Waals surface area contributed by atoms with Gasteiger partial charge in [0.15, 0.2) is 5.82 Å². The molecule has 0 saturated heterocycles. The average molecular weight is 238 g/mol. The van der Waals surface area contributed by atoms with Crippen LogP contribution in [0.2, 0.25) is 0 Å². The summed E-state index contributed by atoms with van der Waals surface area (Å²) in [6, 6.07) is 12.2. The van der Waals surface area contributed by atoms with Gasteiger partial charge in [0.25, 0.3) is 0 Å². The molecule has 3 aromatic rings. The highest BCUT2D eigenvalue weighted by atomic mass is 15.3. The van der Waals surface area contributed by atoms with E-state index in [-0.39, 0.29) is 0 Å². The van der Waals surface area contributed by atoms with Gasteiger partial charge in [-0.1, -0.05) is 18.2 Å². The predicted octanol–water partition coefficient (Wildman–Crippen LogP) is 3.02. The van der Waals surface area contributed by atoms with Gasteiger partial charge in [-0.2, -0.15) is 5.10 Å². The molecule has 0 aliphatic carbocycles. The third-order valence-electron chi connectivity index (χ3n) is 2.87. The second-order valence-electron chi connectivity index (χ2n) is 4.35. The Morgan fingerprint density at radius 3 is 2.78 bits per heavy atom. The van der Waals surface area contributed by atoms with Crippen LogP contribution in [0.25, 0.3) is 10.9 Å². The first kappa shape index (κ1) is 10.8. The number of rotatable bonds is 2. The second-order valence-corrected chi connectivity index (χ2v) is 4.35. The lowest BCUT2D eigenvalue weighted by molar-refractivity contribution is 0.771. The smallest absolute Gasteiger partial charge is 0.153 e. The molecule has 0 spiro atoms. The Bertz CT molecular complexity index is 700. The highest BCUT2D eigenvalue weighted by molar-refractivity contribution is 5.82. The SMILES string of the molecule is Cc1cc2ccccc2nc1Nc1ccn(C)n1. The lowest BCUT2D eigenvalue weighted by atomic mass is 10.1. The van der Waals surface area contributed by atoms with E-state index in [9.17, 15) is 0 Å². The molecule has 0 atom stereocenters. The third kappa shape index (κ3) is 1.93. The molecule has 0 amide bonds. The number of benzene rings is 1. The maximum atomic E-state index is 4.62. The van der Waals surface area contributed by atoms with E-state index in [1.165, 1.54) is 0 Å². The fourth-order valence-electron chi connectivity index (χ4n) is 1.95. The fraction of sp³-hybridized carbons (Fsp3) is 0.143. The molecule has 0 radical (unpaired) electrons. The standard InChI is InChI=1S/C14H14N4/c1-10-9-11-5-3-4-6-12(11)15-14(10)16-13-7-8-18(2)17-13/h3-9H,1-2H3,(H,15,16,17). The second kappa shape index (κ2) is 4.14. The normalized spacial score (nSPS) is 10.8. The molecule has 0 bridgehead atoms. The molecule has 0 aliphatic heterocycles. The maximum absolute atomic E-state index is 4.62. The number of para-hydroxylation sites is 1. The van der Waals surface area contributed by atoms with E-state index in [1.54, 1.807) is 4.68 Å². The molecule has 1 aromatic carbocycles. The Morgan fingerprint density at radius 2 is 2.00 bits per heavy atom. The van der Waals surface area contributed by atoms with E-state index in [4.69, 9.17) is 0 Å². The van der Waals surface area contributed by atoms with Crippen LogP contribution in [-0.2, 0) is 7.05 Å². The van der Waals surface area contributed by atoms with E-state index in [2.05, 4.69) is 27.5 Å². The molecule has 0 aliphatic rings. The topological polar surface area (TPSA) is 42.7 Å². The molecular formula is C14H14N4.